The number of benzene rings is 1. The van der Waals surface area contributed by atoms with Gasteiger partial charge in [0.25, 0.3) is 0 Å². The van der Waals surface area contributed by atoms with Gasteiger partial charge in [-0.1, -0.05) is 24.3 Å². The van der Waals surface area contributed by atoms with Crippen LogP contribution in [0.3, 0.4) is 0 Å². The lowest BCUT2D eigenvalue weighted by molar-refractivity contribution is -0.940. The van der Waals surface area contributed by atoms with Crippen molar-refractivity contribution in [2.24, 2.45) is 5.92 Å². The first-order valence-corrected chi connectivity index (χ1v) is 9.27. The minimum Gasteiger partial charge on any atom is -0.357 e. The van der Waals surface area contributed by atoms with Crippen LogP contribution in [0.25, 0.3) is 0 Å². The molecule has 4 atom stereocenters. The molecule has 1 spiro atoms. The monoisotopic (exact) mass is 321 g/mol. The summed E-state index contributed by atoms with van der Waals surface area (Å²) in [6.45, 7) is 8.01. The van der Waals surface area contributed by atoms with Crippen LogP contribution in [0.1, 0.15) is 32.3 Å². The summed E-state index contributed by atoms with van der Waals surface area (Å²) >= 11 is 0. The fourth-order valence-electron chi connectivity index (χ4n) is 6.37. The second kappa shape index (κ2) is 4.60. The van der Waals surface area contributed by atoms with E-state index in [2.05, 4.69) is 49.5 Å². The van der Waals surface area contributed by atoms with E-state index in [9.17, 15) is 4.79 Å². The Hall–Kier alpha value is -1.87. The molecule has 0 radical (unpaired) electrons. The molecule has 2 fully saturated rings. The Balaban J connectivity index is 1.84. The van der Waals surface area contributed by atoms with Crippen LogP contribution in [-0.2, 0) is 10.2 Å². The highest BCUT2D eigenvalue weighted by Crippen LogP contribution is 2.63. The van der Waals surface area contributed by atoms with E-state index < -0.39 is 0 Å². The zero-order valence-corrected chi connectivity index (χ0v) is 14.5. The molecule has 0 amide bonds. The molecule has 1 aromatic carbocycles. The molecule has 0 unspecified atom stereocenters. The number of quaternary nitrogens is 1. The molecule has 24 heavy (non-hydrogen) atoms. The van der Waals surface area contributed by atoms with Gasteiger partial charge in [0.15, 0.2) is 0 Å². The number of carbonyl (C=O) groups is 1. The molecule has 0 aromatic heterocycles. The molecule has 2 saturated heterocycles. The number of likely N-dealkylation sites (N-methyl/N-ethyl adjacent to an activating group) is 1. The van der Waals surface area contributed by atoms with Crippen LogP contribution in [0.4, 0.5) is 5.69 Å². The number of fused-ring (bicyclic) bond motifs is 2. The zero-order valence-electron chi connectivity index (χ0n) is 14.5. The van der Waals surface area contributed by atoms with E-state index >= 15 is 0 Å². The number of carbonyl (C=O) groups excluding carboxylic acids is 1. The van der Waals surface area contributed by atoms with Crippen molar-refractivity contribution < 1.29 is 9.28 Å². The molecule has 1 aliphatic carbocycles. The number of nitrogens with one attached hydrogen (secondary N) is 1. The molecule has 3 heterocycles. The SMILES string of the molecule is C/C=C1/C[N@+]2(CC)CC[C@]34C(=C(C=O)[C@H]1C[C@@H]32)Nc1ccccc14. The van der Waals surface area contributed by atoms with Crippen molar-refractivity contribution in [3.8, 4) is 0 Å². The molecular formula is C21H25N2O+. The Kier molecular flexibility index (Phi) is 2.78. The highest BCUT2D eigenvalue weighted by molar-refractivity contribution is 5.84. The molecule has 4 aliphatic rings. The fourth-order valence-corrected chi connectivity index (χ4v) is 6.37. The Morgan fingerprint density at radius 1 is 1.38 bits per heavy atom. The second-order valence-corrected chi connectivity index (χ2v) is 7.92. The number of piperidine rings is 1. The van der Waals surface area contributed by atoms with Crippen molar-refractivity contribution in [1.29, 1.82) is 0 Å². The minimum absolute atomic E-state index is 0.0403. The Morgan fingerprint density at radius 2 is 2.21 bits per heavy atom. The minimum atomic E-state index is 0.0403. The summed E-state index contributed by atoms with van der Waals surface area (Å²) in [6, 6.07) is 9.33. The fraction of sp³-hybridized carbons (Fsp3) is 0.476. The van der Waals surface area contributed by atoms with E-state index in [1.807, 2.05) is 0 Å². The average molecular weight is 321 g/mol. The van der Waals surface area contributed by atoms with Crippen LogP contribution >= 0.6 is 0 Å². The van der Waals surface area contributed by atoms with E-state index in [1.54, 1.807) is 0 Å². The molecule has 124 valence electrons. The number of allylic oxidation sites excluding steroid dienone is 2. The maximum Gasteiger partial charge on any atom is 0.148 e. The third-order valence-electron chi connectivity index (χ3n) is 7.49. The summed E-state index contributed by atoms with van der Waals surface area (Å²) in [7, 11) is 0. The lowest BCUT2D eigenvalue weighted by Gasteiger charge is -2.53. The molecular weight excluding hydrogens is 296 g/mol. The van der Waals surface area contributed by atoms with Crippen molar-refractivity contribution in [3.05, 3.63) is 52.7 Å². The number of nitrogens with zero attached hydrogens (tertiary/aromatic N) is 1. The number of para-hydroxylation sites is 1. The largest absolute Gasteiger partial charge is 0.357 e. The Labute approximate surface area is 143 Å². The first-order chi connectivity index (χ1) is 11.7. The van der Waals surface area contributed by atoms with Gasteiger partial charge in [0.1, 0.15) is 18.9 Å². The smallest absolute Gasteiger partial charge is 0.148 e. The zero-order chi connectivity index (χ0) is 16.5. The van der Waals surface area contributed by atoms with Crippen molar-refractivity contribution in [2.45, 2.75) is 38.1 Å². The van der Waals surface area contributed by atoms with Gasteiger partial charge in [0, 0.05) is 35.7 Å². The first-order valence-electron chi connectivity index (χ1n) is 9.27. The maximum atomic E-state index is 12.1. The lowest BCUT2D eigenvalue weighted by Crippen LogP contribution is -2.63. The molecule has 0 saturated carbocycles. The summed E-state index contributed by atoms with van der Waals surface area (Å²) in [5.41, 5.74) is 6.41. The van der Waals surface area contributed by atoms with E-state index in [0.717, 1.165) is 31.2 Å². The predicted molar refractivity (Wildman–Crippen MR) is 95.6 cm³/mol. The summed E-state index contributed by atoms with van der Waals surface area (Å²) in [4.78, 5) is 12.1. The second-order valence-electron chi connectivity index (χ2n) is 7.92. The van der Waals surface area contributed by atoms with E-state index in [0.29, 0.717) is 12.0 Å². The number of anilines is 1. The normalized spacial score (nSPS) is 40.3. The van der Waals surface area contributed by atoms with E-state index in [4.69, 9.17) is 0 Å². The van der Waals surface area contributed by atoms with Crippen LogP contribution in [0.2, 0.25) is 0 Å². The van der Waals surface area contributed by atoms with Crippen molar-refractivity contribution in [3.63, 3.8) is 0 Å². The summed E-state index contributed by atoms with van der Waals surface area (Å²) in [6.07, 6.45) is 5.70. The van der Waals surface area contributed by atoms with Gasteiger partial charge in [-0.15, -0.1) is 0 Å². The van der Waals surface area contributed by atoms with Crippen LogP contribution < -0.4 is 5.32 Å². The topological polar surface area (TPSA) is 29.1 Å². The maximum absolute atomic E-state index is 12.1. The highest BCUT2D eigenvalue weighted by atomic mass is 16.1. The van der Waals surface area contributed by atoms with Crippen molar-refractivity contribution >= 4 is 12.0 Å². The first kappa shape index (κ1) is 14.5. The van der Waals surface area contributed by atoms with Gasteiger partial charge in [-0.2, -0.15) is 0 Å². The summed E-state index contributed by atoms with van der Waals surface area (Å²) in [5, 5.41) is 3.68. The van der Waals surface area contributed by atoms with Crippen LogP contribution in [0.15, 0.2) is 47.2 Å². The molecule has 3 nitrogen and oxygen atoms in total. The van der Waals surface area contributed by atoms with Crippen molar-refractivity contribution in [1.82, 2.24) is 0 Å². The van der Waals surface area contributed by atoms with Crippen molar-refractivity contribution in [2.75, 3.05) is 25.0 Å². The van der Waals surface area contributed by atoms with E-state index in [-0.39, 0.29) is 5.41 Å². The van der Waals surface area contributed by atoms with E-state index in [1.165, 1.54) is 40.1 Å². The summed E-state index contributed by atoms with van der Waals surface area (Å²) in [5.74, 6) is 0.318. The van der Waals surface area contributed by atoms with Gasteiger partial charge >= 0.3 is 0 Å². The lowest BCUT2D eigenvalue weighted by atomic mass is 9.61. The quantitative estimate of drug-likeness (QED) is 0.514. The molecule has 5 rings (SSSR count). The average Bonchev–Trinajstić information content (AvgIpc) is 3.15. The number of hydrogen-bond donors (Lipinski definition) is 1. The van der Waals surface area contributed by atoms with Crippen LogP contribution in [0.5, 0.6) is 0 Å². The van der Waals surface area contributed by atoms with Gasteiger partial charge in [0.05, 0.1) is 18.5 Å². The van der Waals surface area contributed by atoms with Gasteiger partial charge in [-0.05, 0) is 31.1 Å². The predicted octanol–water partition coefficient (Wildman–Crippen LogP) is 3.39. The highest BCUT2D eigenvalue weighted by Gasteiger charge is 2.67. The number of hydrogen-bond acceptors (Lipinski definition) is 2. The molecule has 1 aromatic rings. The number of aldehydes is 1. The van der Waals surface area contributed by atoms with Gasteiger partial charge in [-0.25, -0.2) is 0 Å². The standard InChI is InChI=1S/C21H24N2O/c1-3-14-12-23(4-2)10-9-21-17-7-5-6-8-18(17)22-20(21)16(13-24)15(14)11-19(21)23/h3,5-8,13,15,19H,4,9-12H2,1-2H3/p+1/b14-3-/t15-,19-,21+,23-/m0/s1. The molecule has 1 N–H and O–H groups in total. The third kappa shape index (κ3) is 1.42. The number of rotatable bonds is 2. The molecule has 3 heteroatoms. The van der Waals surface area contributed by atoms with Gasteiger partial charge in [-0.3, -0.25) is 4.79 Å². The summed E-state index contributed by atoms with van der Waals surface area (Å²) < 4.78 is 1.20. The Morgan fingerprint density at radius 3 is 2.96 bits per heavy atom. The molecule has 2 bridgehead atoms. The molecule has 3 aliphatic heterocycles. The third-order valence-corrected chi connectivity index (χ3v) is 7.49. The Bertz CT molecular complexity index is 808. The van der Waals surface area contributed by atoms with Gasteiger partial charge < -0.3 is 9.80 Å². The van der Waals surface area contributed by atoms with Crippen LogP contribution in [-0.4, -0.2) is 36.4 Å². The van der Waals surface area contributed by atoms with Crippen LogP contribution in [0, 0.1) is 5.92 Å². The van der Waals surface area contributed by atoms with Gasteiger partial charge in [0.2, 0.25) is 0 Å².